The van der Waals surface area contributed by atoms with Crippen molar-refractivity contribution in [3.63, 3.8) is 0 Å². The molecule has 2 aromatic heterocycles. The molecule has 1 amide bonds. The summed E-state index contributed by atoms with van der Waals surface area (Å²) < 4.78 is 28.6. The molecule has 30 heavy (non-hydrogen) atoms. The number of aliphatic hydroxyl groups excluding tert-OH is 1. The van der Waals surface area contributed by atoms with E-state index in [9.17, 15) is 18.3 Å². The quantitative estimate of drug-likeness (QED) is 0.355. The molecule has 1 aliphatic heterocycles. The number of pyridine rings is 1. The van der Waals surface area contributed by atoms with Gasteiger partial charge in [0.1, 0.15) is 5.65 Å². The lowest BCUT2D eigenvalue weighted by Gasteiger charge is -2.29. The Kier molecular flexibility index (Phi) is 5.56. The number of carbonyl (C=O) groups excluding carboxylic acids is 1. The van der Waals surface area contributed by atoms with E-state index in [0.717, 1.165) is 10.7 Å². The number of hydrazine groups is 1. The van der Waals surface area contributed by atoms with Gasteiger partial charge in [-0.05, 0) is 42.7 Å². The van der Waals surface area contributed by atoms with E-state index >= 15 is 0 Å². The van der Waals surface area contributed by atoms with Gasteiger partial charge in [0, 0.05) is 31.7 Å². The summed E-state index contributed by atoms with van der Waals surface area (Å²) >= 11 is 0. The fraction of sp³-hybridized carbons (Fsp3) is 0.300. The number of aromatic nitrogens is 2. The number of fused-ring (bicyclic) bond motifs is 1. The van der Waals surface area contributed by atoms with Crippen LogP contribution in [0.2, 0.25) is 0 Å². The van der Waals surface area contributed by atoms with Gasteiger partial charge in [0.2, 0.25) is 10.0 Å². The van der Waals surface area contributed by atoms with Crippen molar-refractivity contribution in [1.82, 2.24) is 18.7 Å². The van der Waals surface area contributed by atoms with Gasteiger partial charge in [-0.3, -0.25) is 9.80 Å². The summed E-state index contributed by atoms with van der Waals surface area (Å²) in [5, 5.41) is 10.8. The summed E-state index contributed by atoms with van der Waals surface area (Å²) in [7, 11) is -3.66. The summed E-state index contributed by atoms with van der Waals surface area (Å²) in [4.78, 5) is 16.9. The molecule has 0 spiro atoms. The summed E-state index contributed by atoms with van der Waals surface area (Å²) in [5.74, 6) is 5.60. The number of imidazole rings is 1. The highest BCUT2D eigenvalue weighted by Crippen LogP contribution is 2.21. The molecule has 0 radical (unpaired) electrons. The highest BCUT2D eigenvalue weighted by atomic mass is 32.2. The minimum Gasteiger partial charge on any atom is -0.392 e. The average Bonchev–Trinajstić information content (AvgIpc) is 3.21. The fourth-order valence-electron chi connectivity index (χ4n) is 3.54. The Labute approximate surface area is 174 Å². The number of benzene rings is 1. The Bertz CT molecular complexity index is 1160. The predicted octanol–water partition coefficient (Wildman–Crippen LogP) is 0.996. The van der Waals surface area contributed by atoms with Crippen molar-refractivity contribution in [3.8, 4) is 0 Å². The van der Waals surface area contributed by atoms with Gasteiger partial charge in [0.25, 0.3) is 5.91 Å². The molecule has 0 unspecified atom stereocenters. The molecule has 1 aliphatic rings. The van der Waals surface area contributed by atoms with Gasteiger partial charge in [-0.15, -0.1) is 0 Å². The van der Waals surface area contributed by atoms with Crippen LogP contribution in [0, 0.1) is 0 Å². The van der Waals surface area contributed by atoms with Crippen molar-refractivity contribution in [2.75, 3.05) is 13.1 Å². The Hall–Kier alpha value is -2.79. The van der Waals surface area contributed by atoms with Gasteiger partial charge in [-0.25, -0.2) is 19.2 Å². The van der Waals surface area contributed by atoms with Crippen LogP contribution in [0.5, 0.6) is 0 Å². The lowest BCUT2D eigenvalue weighted by Crippen LogP contribution is -2.42. The smallest absolute Gasteiger partial charge is 0.269 e. The molecule has 0 bridgehead atoms. The van der Waals surface area contributed by atoms with E-state index in [0.29, 0.717) is 30.5 Å². The first-order valence-corrected chi connectivity index (χ1v) is 11.0. The van der Waals surface area contributed by atoms with E-state index in [1.165, 1.54) is 16.4 Å². The molecular formula is C20H23N5O4S. The Morgan fingerprint density at radius 3 is 2.73 bits per heavy atom. The lowest BCUT2D eigenvalue weighted by molar-refractivity contribution is 0.0742. The summed E-state index contributed by atoms with van der Waals surface area (Å²) in [6, 6.07) is 9.67. The zero-order chi connectivity index (χ0) is 21.3. The molecule has 3 aromatic rings. The Morgan fingerprint density at radius 2 is 2.00 bits per heavy atom. The van der Waals surface area contributed by atoms with Crippen LogP contribution in [0.3, 0.4) is 0 Å². The Morgan fingerprint density at radius 1 is 1.23 bits per heavy atom. The maximum atomic E-state index is 12.8. The SMILES string of the molecule is NN(Cc1ccc(S(=O)(=O)N2CCC[C@H](O)C2)cc1)C(=O)c1ccc2nccn2c1. The van der Waals surface area contributed by atoms with Gasteiger partial charge < -0.3 is 9.51 Å². The van der Waals surface area contributed by atoms with Crippen LogP contribution in [-0.2, 0) is 16.6 Å². The van der Waals surface area contributed by atoms with E-state index in [1.807, 2.05) is 0 Å². The van der Waals surface area contributed by atoms with E-state index in [4.69, 9.17) is 5.84 Å². The van der Waals surface area contributed by atoms with Crippen molar-refractivity contribution >= 4 is 21.6 Å². The molecule has 158 valence electrons. The number of amides is 1. The number of sulfonamides is 1. The van der Waals surface area contributed by atoms with Gasteiger partial charge in [-0.1, -0.05) is 12.1 Å². The number of aliphatic hydroxyl groups is 1. The molecular weight excluding hydrogens is 406 g/mol. The first-order valence-electron chi connectivity index (χ1n) is 9.61. The standard InChI is InChI=1S/C20H23N5O4S/c21-25(20(27)16-5-8-19-22-9-11-23(19)13-16)12-15-3-6-18(7-4-15)30(28,29)24-10-1-2-17(26)14-24/h3-9,11,13,17,26H,1-2,10,12,14,21H2/t17-/m0/s1. The van der Waals surface area contributed by atoms with E-state index in [2.05, 4.69) is 4.98 Å². The average molecular weight is 430 g/mol. The first-order chi connectivity index (χ1) is 14.3. The highest BCUT2D eigenvalue weighted by molar-refractivity contribution is 7.89. The van der Waals surface area contributed by atoms with Crippen molar-refractivity contribution in [3.05, 3.63) is 66.1 Å². The molecule has 1 aromatic carbocycles. The third kappa shape index (κ3) is 4.08. The van der Waals surface area contributed by atoms with Crippen molar-refractivity contribution in [2.45, 2.75) is 30.4 Å². The van der Waals surface area contributed by atoms with Crippen molar-refractivity contribution in [2.24, 2.45) is 5.84 Å². The van der Waals surface area contributed by atoms with Crippen molar-refractivity contribution < 1.29 is 18.3 Å². The van der Waals surface area contributed by atoms with Crippen LogP contribution in [0.1, 0.15) is 28.8 Å². The van der Waals surface area contributed by atoms with Gasteiger partial charge in [-0.2, -0.15) is 4.31 Å². The maximum Gasteiger partial charge on any atom is 0.269 e. The number of nitrogens with zero attached hydrogens (tertiary/aromatic N) is 4. The second-order valence-electron chi connectivity index (χ2n) is 7.35. The topological polar surface area (TPSA) is 121 Å². The number of piperidine rings is 1. The largest absolute Gasteiger partial charge is 0.392 e. The zero-order valence-electron chi connectivity index (χ0n) is 16.3. The summed E-state index contributed by atoms with van der Waals surface area (Å²) in [5.41, 5.74) is 1.85. The lowest BCUT2D eigenvalue weighted by atomic mass is 10.1. The summed E-state index contributed by atoms with van der Waals surface area (Å²) in [6.45, 7) is 0.632. The van der Waals surface area contributed by atoms with Gasteiger partial charge in [0.05, 0.1) is 23.1 Å². The predicted molar refractivity (Wildman–Crippen MR) is 110 cm³/mol. The van der Waals surface area contributed by atoms with Crippen LogP contribution in [-0.4, -0.2) is 57.3 Å². The Balaban J connectivity index is 1.45. The molecule has 0 aliphatic carbocycles. The molecule has 1 saturated heterocycles. The monoisotopic (exact) mass is 429 g/mol. The maximum absolute atomic E-state index is 12.8. The normalized spacial score (nSPS) is 17.9. The number of β-amino-alcohol motifs (C(OH)–C–C–N with tert-alkyl or cyclic N) is 1. The van der Waals surface area contributed by atoms with Crippen molar-refractivity contribution in [1.29, 1.82) is 0 Å². The highest BCUT2D eigenvalue weighted by Gasteiger charge is 2.29. The minimum absolute atomic E-state index is 0.108. The third-order valence-electron chi connectivity index (χ3n) is 5.17. The van der Waals surface area contributed by atoms with Crippen LogP contribution < -0.4 is 5.84 Å². The van der Waals surface area contributed by atoms with Crippen LogP contribution in [0.15, 0.2) is 59.9 Å². The van der Waals surface area contributed by atoms with Crippen LogP contribution in [0.4, 0.5) is 0 Å². The van der Waals surface area contributed by atoms with Gasteiger partial charge in [0.15, 0.2) is 0 Å². The molecule has 1 atom stereocenters. The van der Waals surface area contributed by atoms with E-state index < -0.39 is 16.1 Å². The minimum atomic E-state index is -3.66. The molecule has 10 heteroatoms. The number of carbonyl (C=O) groups is 1. The molecule has 3 heterocycles. The van der Waals surface area contributed by atoms with Crippen LogP contribution >= 0.6 is 0 Å². The first kappa shape index (κ1) is 20.5. The zero-order valence-corrected chi connectivity index (χ0v) is 17.1. The van der Waals surface area contributed by atoms with Crippen LogP contribution in [0.25, 0.3) is 5.65 Å². The molecule has 0 saturated carbocycles. The molecule has 4 rings (SSSR count). The number of nitrogens with two attached hydrogens (primary N) is 1. The second-order valence-corrected chi connectivity index (χ2v) is 9.28. The number of hydrogen-bond acceptors (Lipinski definition) is 6. The van der Waals surface area contributed by atoms with E-state index in [-0.39, 0.29) is 23.9 Å². The third-order valence-corrected chi connectivity index (χ3v) is 7.05. The molecule has 1 fully saturated rings. The second kappa shape index (κ2) is 8.15. The molecule has 9 nitrogen and oxygen atoms in total. The number of hydrogen-bond donors (Lipinski definition) is 2. The van der Waals surface area contributed by atoms with Gasteiger partial charge >= 0.3 is 0 Å². The van der Waals surface area contributed by atoms with E-state index in [1.54, 1.807) is 47.3 Å². The molecule has 3 N–H and O–H groups in total. The summed E-state index contributed by atoms with van der Waals surface area (Å²) in [6.07, 6.45) is 5.66. The number of rotatable bonds is 5. The fourth-order valence-corrected chi connectivity index (χ4v) is 5.05.